The van der Waals surface area contributed by atoms with Crippen molar-refractivity contribution in [3.63, 3.8) is 0 Å². The van der Waals surface area contributed by atoms with E-state index < -0.39 is 5.82 Å². The maximum Gasteiger partial charge on any atom is 0.165 e. The lowest BCUT2D eigenvalue weighted by molar-refractivity contribution is 0.112. The van der Waals surface area contributed by atoms with Crippen LogP contribution in [0.25, 0.3) is 0 Å². The van der Waals surface area contributed by atoms with Crippen molar-refractivity contribution in [3.05, 3.63) is 29.6 Å². The molecule has 0 radical (unpaired) electrons. The molecule has 2 rings (SSSR count). The Hall–Kier alpha value is -1.38. The molecule has 1 aliphatic rings. The van der Waals surface area contributed by atoms with E-state index >= 15 is 0 Å². The van der Waals surface area contributed by atoms with Crippen LogP contribution in [-0.2, 0) is 0 Å². The maximum absolute atomic E-state index is 13.6. The minimum Gasteiger partial charge on any atom is -0.487 e. The van der Waals surface area contributed by atoms with Crippen LogP contribution < -0.4 is 4.74 Å². The summed E-state index contributed by atoms with van der Waals surface area (Å²) in [5.41, 5.74) is 0.340. The summed E-state index contributed by atoms with van der Waals surface area (Å²) in [6.07, 6.45) is 4.99. The Labute approximate surface area is 101 Å². The van der Waals surface area contributed by atoms with Crippen molar-refractivity contribution in [1.29, 1.82) is 0 Å². The third-order valence-electron chi connectivity index (χ3n) is 3.35. The molecule has 1 fully saturated rings. The zero-order valence-corrected chi connectivity index (χ0v) is 9.99. The monoisotopic (exact) mass is 236 g/mol. The lowest BCUT2D eigenvalue weighted by atomic mass is 9.89. The van der Waals surface area contributed by atoms with E-state index in [-0.39, 0.29) is 11.9 Å². The molecule has 0 saturated heterocycles. The molecule has 92 valence electrons. The molecule has 2 nitrogen and oxygen atoms in total. The van der Waals surface area contributed by atoms with Crippen LogP contribution in [0.4, 0.5) is 4.39 Å². The minimum absolute atomic E-state index is 0.114. The maximum atomic E-state index is 13.6. The van der Waals surface area contributed by atoms with E-state index in [1.807, 2.05) is 0 Å². The Morgan fingerprint density at radius 1 is 1.29 bits per heavy atom. The summed E-state index contributed by atoms with van der Waals surface area (Å²) < 4.78 is 19.2. The van der Waals surface area contributed by atoms with E-state index in [0.717, 1.165) is 31.6 Å². The highest BCUT2D eigenvalue weighted by atomic mass is 19.1. The minimum atomic E-state index is -0.451. The van der Waals surface area contributed by atoms with E-state index in [0.29, 0.717) is 11.8 Å². The van der Waals surface area contributed by atoms with Gasteiger partial charge in [0.25, 0.3) is 0 Å². The van der Waals surface area contributed by atoms with E-state index in [9.17, 15) is 9.18 Å². The Bertz CT molecular complexity index is 395. The molecule has 0 aromatic heterocycles. The first-order valence-corrected chi connectivity index (χ1v) is 6.10. The Balaban J connectivity index is 2.01. The molecule has 0 atom stereocenters. The normalized spacial score (nSPS) is 24.4. The molecule has 0 amide bonds. The van der Waals surface area contributed by atoms with Crippen molar-refractivity contribution in [2.45, 2.75) is 38.7 Å². The average molecular weight is 236 g/mol. The smallest absolute Gasteiger partial charge is 0.165 e. The third-order valence-corrected chi connectivity index (χ3v) is 3.35. The average Bonchev–Trinajstić information content (AvgIpc) is 2.34. The molecule has 0 unspecified atom stereocenters. The summed E-state index contributed by atoms with van der Waals surface area (Å²) in [4.78, 5) is 10.5. The van der Waals surface area contributed by atoms with Crippen LogP contribution in [0.5, 0.6) is 5.75 Å². The zero-order chi connectivity index (χ0) is 12.3. The van der Waals surface area contributed by atoms with E-state index in [1.54, 1.807) is 6.07 Å². The van der Waals surface area contributed by atoms with Crippen molar-refractivity contribution in [3.8, 4) is 5.75 Å². The number of aldehydes is 1. The second-order valence-corrected chi connectivity index (χ2v) is 4.81. The standard InChI is InChI=1S/C14H17FO2/c1-10-2-5-12(6-3-10)17-14-7-4-11(9-16)8-13(14)15/h4,7-10,12H,2-3,5-6H2,1H3. The van der Waals surface area contributed by atoms with Crippen LogP contribution in [0.1, 0.15) is 43.0 Å². The molecule has 3 heteroatoms. The number of halogens is 1. The van der Waals surface area contributed by atoms with Crippen molar-refractivity contribution in [2.75, 3.05) is 0 Å². The number of hydrogen-bond donors (Lipinski definition) is 0. The van der Waals surface area contributed by atoms with Crippen molar-refractivity contribution >= 4 is 6.29 Å². The molecule has 0 aliphatic heterocycles. The summed E-state index contributed by atoms with van der Waals surface area (Å²) >= 11 is 0. The fourth-order valence-electron chi connectivity index (χ4n) is 2.21. The number of carbonyl (C=O) groups is 1. The van der Waals surface area contributed by atoms with Crippen LogP contribution in [-0.4, -0.2) is 12.4 Å². The SMILES string of the molecule is CC1CCC(Oc2ccc(C=O)cc2F)CC1. The fraction of sp³-hybridized carbons (Fsp3) is 0.500. The summed E-state index contributed by atoms with van der Waals surface area (Å²) in [5.74, 6) is 0.556. The van der Waals surface area contributed by atoms with E-state index in [2.05, 4.69) is 6.92 Å². The summed E-state index contributed by atoms with van der Waals surface area (Å²) in [7, 11) is 0. The van der Waals surface area contributed by atoms with Gasteiger partial charge in [0.15, 0.2) is 11.6 Å². The first-order chi connectivity index (χ1) is 8.19. The highest BCUT2D eigenvalue weighted by molar-refractivity contribution is 5.74. The van der Waals surface area contributed by atoms with Gasteiger partial charge in [-0.25, -0.2) is 4.39 Å². The van der Waals surface area contributed by atoms with Crippen molar-refractivity contribution < 1.29 is 13.9 Å². The second-order valence-electron chi connectivity index (χ2n) is 4.81. The molecule has 1 aromatic rings. The van der Waals surface area contributed by atoms with E-state index in [4.69, 9.17) is 4.74 Å². The van der Waals surface area contributed by atoms with E-state index in [1.165, 1.54) is 12.1 Å². The molecule has 0 N–H and O–H groups in total. The van der Waals surface area contributed by atoms with Crippen LogP contribution >= 0.6 is 0 Å². The van der Waals surface area contributed by atoms with Crippen LogP contribution in [0.3, 0.4) is 0 Å². The molecule has 1 aliphatic carbocycles. The Morgan fingerprint density at radius 2 is 2.00 bits per heavy atom. The first kappa shape index (κ1) is 12.1. The summed E-state index contributed by atoms with van der Waals surface area (Å²) in [6, 6.07) is 4.34. The van der Waals surface area contributed by atoms with Gasteiger partial charge in [-0.15, -0.1) is 0 Å². The van der Waals surface area contributed by atoms with Gasteiger partial charge in [-0.2, -0.15) is 0 Å². The largest absolute Gasteiger partial charge is 0.487 e. The number of hydrogen-bond acceptors (Lipinski definition) is 2. The predicted octanol–water partition coefficient (Wildman–Crippen LogP) is 3.60. The van der Waals surface area contributed by atoms with Gasteiger partial charge in [-0.3, -0.25) is 4.79 Å². The first-order valence-electron chi connectivity index (χ1n) is 6.10. The summed E-state index contributed by atoms with van der Waals surface area (Å²) in [6.45, 7) is 2.23. The number of rotatable bonds is 3. The molecule has 0 heterocycles. The lowest BCUT2D eigenvalue weighted by Gasteiger charge is -2.27. The molecular formula is C14H17FO2. The predicted molar refractivity (Wildman–Crippen MR) is 63.8 cm³/mol. The number of benzene rings is 1. The van der Waals surface area contributed by atoms with Gasteiger partial charge in [-0.05, 0) is 49.8 Å². The molecule has 1 saturated carbocycles. The lowest BCUT2D eigenvalue weighted by Crippen LogP contribution is -2.23. The summed E-state index contributed by atoms with van der Waals surface area (Å²) in [5, 5.41) is 0. The van der Waals surface area contributed by atoms with Crippen LogP contribution in [0.2, 0.25) is 0 Å². The zero-order valence-electron chi connectivity index (χ0n) is 9.99. The van der Waals surface area contributed by atoms with Gasteiger partial charge in [0.05, 0.1) is 6.10 Å². The number of ether oxygens (including phenoxy) is 1. The Kier molecular flexibility index (Phi) is 3.77. The Morgan fingerprint density at radius 3 is 2.59 bits per heavy atom. The van der Waals surface area contributed by atoms with Crippen molar-refractivity contribution in [1.82, 2.24) is 0 Å². The molecule has 0 bridgehead atoms. The topological polar surface area (TPSA) is 26.3 Å². The van der Waals surface area contributed by atoms with Gasteiger partial charge in [-0.1, -0.05) is 6.92 Å². The molecule has 17 heavy (non-hydrogen) atoms. The fourth-order valence-corrected chi connectivity index (χ4v) is 2.21. The quantitative estimate of drug-likeness (QED) is 0.749. The molecule has 0 spiro atoms. The second kappa shape index (κ2) is 5.30. The molecule has 1 aromatic carbocycles. The highest BCUT2D eigenvalue weighted by Gasteiger charge is 2.20. The number of carbonyl (C=O) groups excluding carboxylic acids is 1. The van der Waals surface area contributed by atoms with Gasteiger partial charge < -0.3 is 4.74 Å². The highest BCUT2D eigenvalue weighted by Crippen LogP contribution is 2.28. The van der Waals surface area contributed by atoms with Crippen LogP contribution in [0, 0.1) is 11.7 Å². The van der Waals surface area contributed by atoms with Gasteiger partial charge >= 0.3 is 0 Å². The molecular weight excluding hydrogens is 219 g/mol. The van der Waals surface area contributed by atoms with Gasteiger partial charge in [0.2, 0.25) is 0 Å². The van der Waals surface area contributed by atoms with Crippen molar-refractivity contribution in [2.24, 2.45) is 5.92 Å². The van der Waals surface area contributed by atoms with Crippen LogP contribution in [0.15, 0.2) is 18.2 Å². The third kappa shape index (κ3) is 3.05. The van der Waals surface area contributed by atoms with Gasteiger partial charge in [0.1, 0.15) is 6.29 Å². The van der Waals surface area contributed by atoms with Gasteiger partial charge in [0, 0.05) is 5.56 Å².